The molecule has 5 rings (SSSR count). The Morgan fingerprint density at radius 3 is 2.56 bits per heavy atom. The fraction of sp³-hybridized carbons (Fsp3) is 0.300. The Hall–Kier alpha value is -4.45. The molecular weight excluding hydrogens is 526 g/mol. The van der Waals surface area contributed by atoms with E-state index in [-0.39, 0.29) is 25.2 Å². The normalized spacial score (nSPS) is 14.2. The minimum absolute atomic E-state index is 0.116. The summed E-state index contributed by atoms with van der Waals surface area (Å²) in [6.07, 6.45) is 5.06. The monoisotopic (exact) mass is 559 g/mol. The Morgan fingerprint density at radius 2 is 1.85 bits per heavy atom. The van der Waals surface area contributed by atoms with E-state index in [0.717, 1.165) is 36.9 Å². The summed E-state index contributed by atoms with van der Waals surface area (Å²) < 4.78 is 18.9. The lowest BCUT2D eigenvalue weighted by molar-refractivity contribution is 0.0888. The van der Waals surface area contributed by atoms with Crippen LogP contribution in [0, 0.1) is 0 Å². The van der Waals surface area contributed by atoms with Crippen LogP contribution in [0.4, 0.5) is 10.6 Å². The van der Waals surface area contributed by atoms with Crippen LogP contribution in [-0.4, -0.2) is 71.0 Å². The van der Waals surface area contributed by atoms with Gasteiger partial charge in [0.15, 0.2) is 0 Å². The molecule has 1 saturated heterocycles. The van der Waals surface area contributed by atoms with Gasteiger partial charge in [0.2, 0.25) is 0 Å². The summed E-state index contributed by atoms with van der Waals surface area (Å²) in [5, 5.41) is 12.7. The number of aliphatic hydroxyl groups excluding tert-OH is 1. The summed E-state index contributed by atoms with van der Waals surface area (Å²) in [5.74, 6) is 1.74. The first-order valence-electron chi connectivity index (χ1n) is 13.4. The van der Waals surface area contributed by atoms with E-state index < -0.39 is 6.03 Å². The van der Waals surface area contributed by atoms with E-state index in [1.807, 2.05) is 6.07 Å². The molecule has 2 aromatic heterocycles. The number of fused-ring (bicyclic) bond motifs is 1. The number of carbonyl (C=O) groups is 2. The van der Waals surface area contributed by atoms with Gasteiger partial charge in [-0.05, 0) is 61.4 Å². The van der Waals surface area contributed by atoms with Gasteiger partial charge in [-0.2, -0.15) is 0 Å². The molecule has 3 heterocycles. The van der Waals surface area contributed by atoms with Crippen molar-refractivity contribution in [2.45, 2.75) is 25.6 Å². The molecule has 0 spiro atoms. The van der Waals surface area contributed by atoms with Gasteiger partial charge in [-0.3, -0.25) is 9.36 Å². The Morgan fingerprint density at radius 1 is 1.07 bits per heavy atom. The van der Waals surface area contributed by atoms with Gasteiger partial charge >= 0.3 is 6.03 Å². The topological polar surface area (TPSA) is 141 Å². The van der Waals surface area contributed by atoms with Crippen molar-refractivity contribution in [3.8, 4) is 17.2 Å². The molecule has 4 aromatic rings. The Balaban J connectivity index is 1.23. The van der Waals surface area contributed by atoms with Crippen LogP contribution in [0.2, 0.25) is 0 Å². The van der Waals surface area contributed by atoms with E-state index in [1.54, 1.807) is 68.0 Å². The third-order valence-corrected chi connectivity index (χ3v) is 6.98. The van der Waals surface area contributed by atoms with E-state index >= 15 is 0 Å². The Labute approximate surface area is 237 Å². The molecule has 1 aliphatic heterocycles. The number of piperidine rings is 1. The lowest BCUT2D eigenvalue weighted by Crippen LogP contribution is -2.39. The fourth-order valence-corrected chi connectivity index (χ4v) is 4.89. The second-order valence-electron chi connectivity index (χ2n) is 9.82. The number of nitrogens with two attached hydrogens (primary N) is 1. The first kappa shape index (κ1) is 28.1. The number of aromatic nitrogens is 2. The predicted octanol–water partition coefficient (Wildman–Crippen LogP) is 3.99. The molecule has 11 heteroatoms. The lowest BCUT2D eigenvalue weighted by atomic mass is 10.1. The van der Waals surface area contributed by atoms with E-state index in [0.29, 0.717) is 40.7 Å². The van der Waals surface area contributed by atoms with E-state index in [1.165, 1.54) is 4.57 Å². The molecular formula is C30H33N5O6. The molecule has 41 heavy (non-hydrogen) atoms. The molecule has 2 aromatic carbocycles. The predicted molar refractivity (Wildman–Crippen MR) is 154 cm³/mol. The zero-order chi connectivity index (χ0) is 28.8. The molecule has 2 amide bonds. The molecule has 4 N–H and O–H groups in total. The number of pyridine rings is 1. The Bertz CT molecular complexity index is 1510. The average molecular weight is 560 g/mol. The third kappa shape index (κ3) is 6.83. The van der Waals surface area contributed by atoms with Gasteiger partial charge in [0, 0.05) is 61.7 Å². The first-order valence-corrected chi connectivity index (χ1v) is 13.4. The van der Waals surface area contributed by atoms with Crippen molar-refractivity contribution in [3.05, 3.63) is 78.1 Å². The second kappa shape index (κ2) is 12.8. The first-order chi connectivity index (χ1) is 19.9. The smallest absolute Gasteiger partial charge is 0.323 e. The Kier molecular flexibility index (Phi) is 8.78. The standard InChI is InChI=1S/C30H33N5O6/c1-39-19-22-16-26-21(7-13-35(26)30(31)38)17-27(22)41-25-6-10-32-28(18-25)33-29(37)20-2-4-23(5-3-20)40-24-8-11-34(12-9-24)14-15-36/h2-7,10,13,16-18,24,36H,8-9,11-12,14-15,19H2,1H3,(H2,31,38)(H,32,33,37). The average Bonchev–Trinajstić information content (AvgIpc) is 3.38. The van der Waals surface area contributed by atoms with Crippen molar-refractivity contribution in [3.63, 3.8) is 0 Å². The van der Waals surface area contributed by atoms with Gasteiger partial charge in [-0.25, -0.2) is 9.78 Å². The molecule has 11 nitrogen and oxygen atoms in total. The highest BCUT2D eigenvalue weighted by Gasteiger charge is 2.20. The SMILES string of the molecule is COCc1cc2c(ccn2C(N)=O)cc1Oc1ccnc(NC(=O)c2ccc(OC3CCN(CCO)CC3)cc2)c1. The number of ether oxygens (including phenoxy) is 3. The number of β-amino-alcohol motifs (C(OH)–C–C–N with tert-alkyl or cyclic N) is 1. The molecule has 0 saturated carbocycles. The van der Waals surface area contributed by atoms with Crippen molar-refractivity contribution in [2.24, 2.45) is 5.73 Å². The highest BCUT2D eigenvalue weighted by Crippen LogP contribution is 2.32. The molecule has 1 aliphatic rings. The van der Waals surface area contributed by atoms with Gasteiger partial charge in [-0.15, -0.1) is 0 Å². The van der Waals surface area contributed by atoms with Crippen LogP contribution in [0.5, 0.6) is 17.2 Å². The largest absolute Gasteiger partial charge is 0.490 e. The molecule has 0 atom stereocenters. The van der Waals surface area contributed by atoms with Crippen LogP contribution >= 0.6 is 0 Å². The highest BCUT2D eigenvalue weighted by molar-refractivity contribution is 6.03. The number of nitrogens with zero attached hydrogens (tertiary/aromatic N) is 3. The second-order valence-corrected chi connectivity index (χ2v) is 9.82. The van der Waals surface area contributed by atoms with Crippen molar-refractivity contribution in [2.75, 3.05) is 38.7 Å². The zero-order valence-corrected chi connectivity index (χ0v) is 22.8. The van der Waals surface area contributed by atoms with Crippen LogP contribution in [0.15, 0.2) is 67.0 Å². The van der Waals surface area contributed by atoms with Gasteiger partial charge in [-0.1, -0.05) is 0 Å². The summed E-state index contributed by atoms with van der Waals surface area (Å²) in [6, 6.07) is 15.2. The van der Waals surface area contributed by atoms with Crippen LogP contribution in [0.1, 0.15) is 28.8 Å². The minimum Gasteiger partial charge on any atom is -0.490 e. The number of hydrogen-bond acceptors (Lipinski definition) is 8. The van der Waals surface area contributed by atoms with Crippen LogP contribution < -0.4 is 20.5 Å². The summed E-state index contributed by atoms with van der Waals surface area (Å²) in [5.41, 5.74) is 7.32. The summed E-state index contributed by atoms with van der Waals surface area (Å²) in [6.45, 7) is 2.91. The molecule has 0 aliphatic carbocycles. The van der Waals surface area contributed by atoms with Gasteiger partial charge in [0.25, 0.3) is 5.91 Å². The number of anilines is 1. The number of methoxy groups -OCH3 is 1. The number of hydrogen-bond donors (Lipinski definition) is 3. The third-order valence-electron chi connectivity index (χ3n) is 6.98. The van der Waals surface area contributed by atoms with E-state index in [2.05, 4.69) is 15.2 Å². The van der Waals surface area contributed by atoms with Gasteiger partial charge in [0.05, 0.1) is 18.7 Å². The number of amides is 2. The van der Waals surface area contributed by atoms with Crippen LogP contribution in [0.25, 0.3) is 10.9 Å². The van der Waals surface area contributed by atoms with Gasteiger partial charge < -0.3 is 35.3 Å². The van der Waals surface area contributed by atoms with Crippen molar-refractivity contribution in [1.82, 2.24) is 14.5 Å². The maximum absolute atomic E-state index is 12.9. The minimum atomic E-state index is -0.579. The van der Waals surface area contributed by atoms with E-state index in [9.17, 15) is 9.59 Å². The summed E-state index contributed by atoms with van der Waals surface area (Å²) >= 11 is 0. The molecule has 0 radical (unpaired) electrons. The fourth-order valence-electron chi connectivity index (χ4n) is 4.89. The number of carbonyl (C=O) groups excluding carboxylic acids is 2. The number of rotatable bonds is 10. The maximum Gasteiger partial charge on any atom is 0.323 e. The molecule has 214 valence electrons. The zero-order valence-electron chi connectivity index (χ0n) is 22.8. The lowest BCUT2D eigenvalue weighted by Gasteiger charge is -2.31. The van der Waals surface area contributed by atoms with Gasteiger partial charge in [0.1, 0.15) is 29.2 Å². The van der Waals surface area contributed by atoms with E-state index in [4.69, 9.17) is 25.1 Å². The summed E-state index contributed by atoms with van der Waals surface area (Å²) in [4.78, 5) is 31.1. The van der Waals surface area contributed by atoms with Crippen molar-refractivity contribution < 1.29 is 28.9 Å². The number of nitrogens with one attached hydrogen (secondary N) is 1. The molecule has 0 bridgehead atoms. The van der Waals surface area contributed by atoms with Crippen LogP contribution in [-0.2, 0) is 11.3 Å². The highest BCUT2D eigenvalue weighted by atomic mass is 16.5. The number of benzene rings is 2. The quantitative estimate of drug-likeness (QED) is 0.265. The van der Waals surface area contributed by atoms with Crippen molar-refractivity contribution >= 4 is 28.7 Å². The van der Waals surface area contributed by atoms with Crippen LogP contribution in [0.3, 0.4) is 0 Å². The molecule has 1 fully saturated rings. The molecule has 0 unspecified atom stereocenters. The number of likely N-dealkylation sites (tertiary alicyclic amines) is 1. The maximum atomic E-state index is 12.9. The summed E-state index contributed by atoms with van der Waals surface area (Å²) in [7, 11) is 1.57. The number of primary amides is 1. The number of aliphatic hydroxyl groups is 1. The van der Waals surface area contributed by atoms with Crippen molar-refractivity contribution in [1.29, 1.82) is 0 Å².